The third-order valence-corrected chi connectivity index (χ3v) is 5.75. The van der Waals surface area contributed by atoms with Gasteiger partial charge >= 0.3 is 0 Å². The third kappa shape index (κ3) is 3.05. The van der Waals surface area contributed by atoms with E-state index in [2.05, 4.69) is 10.2 Å². The van der Waals surface area contributed by atoms with Crippen molar-refractivity contribution in [2.45, 2.75) is 27.7 Å². The first-order valence-corrected chi connectivity index (χ1v) is 9.70. The molecule has 0 aromatic heterocycles. The molecule has 2 aliphatic rings. The van der Waals surface area contributed by atoms with Gasteiger partial charge in [0, 0.05) is 11.4 Å². The minimum Gasteiger partial charge on any atom is -0.272 e. The zero-order valence-electron chi connectivity index (χ0n) is 17.0. The van der Waals surface area contributed by atoms with E-state index >= 15 is 0 Å². The minimum absolute atomic E-state index is 0.113. The Morgan fingerprint density at radius 3 is 1.38 bits per heavy atom. The van der Waals surface area contributed by atoms with Crippen LogP contribution in [0.5, 0.6) is 0 Å². The van der Waals surface area contributed by atoms with Crippen LogP contribution in [0.3, 0.4) is 0 Å². The van der Waals surface area contributed by atoms with E-state index in [1.807, 2.05) is 88.4 Å². The molecule has 0 saturated heterocycles. The minimum atomic E-state index is -0.678. The second kappa shape index (κ2) is 6.95. The molecular weight excluding hydrogens is 364 g/mol. The second-order valence-electron chi connectivity index (χ2n) is 8.14. The predicted molar refractivity (Wildman–Crippen MR) is 115 cm³/mol. The summed E-state index contributed by atoms with van der Waals surface area (Å²) >= 11 is 0. The zero-order valence-corrected chi connectivity index (χ0v) is 17.0. The number of benzene rings is 2. The highest BCUT2D eigenvalue weighted by Crippen LogP contribution is 2.44. The molecule has 29 heavy (non-hydrogen) atoms. The van der Waals surface area contributed by atoms with Gasteiger partial charge in [0.1, 0.15) is 0 Å². The van der Waals surface area contributed by atoms with Gasteiger partial charge in [-0.15, -0.1) is 0 Å². The summed E-state index contributed by atoms with van der Waals surface area (Å²) in [7, 11) is 0. The molecular formula is C23H24N4O2. The van der Waals surface area contributed by atoms with Crippen LogP contribution in [-0.2, 0) is 9.59 Å². The van der Waals surface area contributed by atoms with Crippen molar-refractivity contribution < 1.29 is 9.59 Å². The van der Waals surface area contributed by atoms with Crippen molar-refractivity contribution in [2.24, 2.45) is 27.5 Å². The Morgan fingerprint density at radius 1 is 0.690 bits per heavy atom. The lowest BCUT2D eigenvalue weighted by Crippen LogP contribution is -2.47. The lowest BCUT2D eigenvalue weighted by atomic mass is 9.66. The third-order valence-electron chi connectivity index (χ3n) is 5.75. The lowest BCUT2D eigenvalue weighted by molar-refractivity contribution is -0.126. The van der Waals surface area contributed by atoms with Crippen molar-refractivity contribution in [1.82, 2.24) is 0 Å². The monoisotopic (exact) mass is 388 g/mol. The van der Waals surface area contributed by atoms with Gasteiger partial charge < -0.3 is 0 Å². The van der Waals surface area contributed by atoms with Crippen LogP contribution in [0.25, 0.3) is 0 Å². The maximum Gasteiger partial charge on any atom is 0.256 e. The molecule has 0 N–H and O–H groups in total. The van der Waals surface area contributed by atoms with Crippen LogP contribution in [-0.4, -0.2) is 23.2 Å². The van der Waals surface area contributed by atoms with Gasteiger partial charge in [0.15, 0.2) is 0 Å². The molecule has 2 aliphatic heterocycles. The van der Waals surface area contributed by atoms with E-state index in [0.717, 1.165) is 11.4 Å². The van der Waals surface area contributed by atoms with E-state index in [-0.39, 0.29) is 11.8 Å². The molecule has 2 aromatic carbocycles. The number of hydrazone groups is 2. The molecule has 0 saturated carbocycles. The summed E-state index contributed by atoms with van der Waals surface area (Å²) in [5.41, 5.74) is 2.20. The quantitative estimate of drug-likeness (QED) is 0.792. The fraction of sp³-hybridized carbons (Fsp3) is 0.304. The SMILES string of the molecule is CC1=NN(c2ccccc2)C(=O)C1C(C)(C)C1C(=O)N(c2ccccc2)N=C1C. The molecule has 2 amide bonds. The largest absolute Gasteiger partial charge is 0.272 e. The summed E-state index contributed by atoms with van der Waals surface area (Å²) < 4.78 is 0. The Kier molecular flexibility index (Phi) is 4.57. The van der Waals surface area contributed by atoms with Crippen LogP contribution in [0, 0.1) is 17.3 Å². The molecule has 2 heterocycles. The molecule has 0 radical (unpaired) electrons. The van der Waals surface area contributed by atoms with E-state index in [1.165, 1.54) is 10.0 Å². The molecule has 0 spiro atoms. The van der Waals surface area contributed by atoms with Crippen LogP contribution in [0.4, 0.5) is 11.4 Å². The van der Waals surface area contributed by atoms with Crippen molar-refractivity contribution in [3.8, 4) is 0 Å². The smallest absolute Gasteiger partial charge is 0.256 e. The Bertz CT molecular complexity index is 930. The van der Waals surface area contributed by atoms with E-state index < -0.39 is 17.3 Å². The maximum absolute atomic E-state index is 13.3. The first-order valence-electron chi connectivity index (χ1n) is 9.70. The number of carbonyl (C=O) groups excluding carboxylic acids is 2. The number of rotatable bonds is 4. The maximum atomic E-state index is 13.3. The zero-order chi connectivity index (χ0) is 20.8. The van der Waals surface area contributed by atoms with E-state index in [0.29, 0.717) is 11.4 Å². The standard InChI is InChI=1S/C23H24N4O2/c1-15-19(21(28)26(24-15)17-11-7-5-8-12-17)23(3,4)20-16(2)25-27(22(20)29)18-13-9-6-10-14-18/h5-14,19-20H,1-4H3. The number of nitrogens with zero attached hydrogens (tertiary/aromatic N) is 4. The van der Waals surface area contributed by atoms with Gasteiger partial charge in [0.25, 0.3) is 11.8 Å². The molecule has 6 heteroatoms. The van der Waals surface area contributed by atoms with Gasteiger partial charge in [-0.05, 0) is 43.5 Å². The van der Waals surface area contributed by atoms with E-state index in [9.17, 15) is 9.59 Å². The van der Waals surface area contributed by atoms with Crippen LogP contribution < -0.4 is 10.0 Å². The summed E-state index contributed by atoms with van der Waals surface area (Å²) in [5.74, 6) is -1.23. The van der Waals surface area contributed by atoms with Gasteiger partial charge in [-0.2, -0.15) is 10.2 Å². The van der Waals surface area contributed by atoms with Crippen molar-refractivity contribution in [3.05, 3.63) is 60.7 Å². The Balaban J connectivity index is 1.65. The fourth-order valence-electron chi connectivity index (χ4n) is 4.52. The molecule has 6 nitrogen and oxygen atoms in total. The average molecular weight is 388 g/mol. The van der Waals surface area contributed by atoms with Gasteiger partial charge in [-0.25, -0.2) is 10.0 Å². The normalized spacial score (nSPS) is 22.2. The predicted octanol–water partition coefficient (Wildman–Crippen LogP) is 4.09. The van der Waals surface area contributed by atoms with Crippen LogP contribution in [0.2, 0.25) is 0 Å². The van der Waals surface area contributed by atoms with Crippen molar-refractivity contribution in [1.29, 1.82) is 0 Å². The molecule has 2 aromatic rings. The Hall–Kier alpha value is -3.28. The fourth-order valence-corrected chi connectivity index (χ4v) is 4.52. The summed E-state index contributed by atoms with van der Waals surface area (Å²) in [6, 6.07) is 18.7. The first-order chi connectivity index (χ1) is 13.8. The number of amides is 2. The summed E-state index contributed by atoms with van der Waals surface area (Å²) in [6.45, 7) is 7.63. The van der Waals surface area contributed by atoms with Gasteiger partial charge in [0.2, 0.25) is 0 Å². The van der Waals surface area contributed by atoms with Crippen molar-refractivity contribution in [3.63, 3.8) is 0 Å². The summed E-state index contributed by atoms with van der Waals surface area (Å²) in [5, 5.41) is 11.9. The number of hydrogen-bond donors (Lipinski definition) is 0. The highest BCUT2D eigenvalue weighted by Gasteiger charge is 2.54. The molecule has 2 unspecified atom stereocenters. The van der Waals surface area contributed by atoms with Crippen LogP contribution >= 0.6 is 0 Å². The van der Waals surface area contributed by atoms with Crippen LogP contribution in [0.15, 0.2) is 70.9 Å². The van der Waals surface area contributed by atoms with Crippen LogP contribution in [0.1, 0.15) is 27.7 Å². The number of anilines is 2. The first kappa shape index (κ1) is 19.1. The molecule has 0 aliphatic carbocycles. The van der Waals surface area contributed by atoms with Crippen molar-refractivity contribution >= 4 is 34.6 Å². The van der Waals surface area contributed by atoms with E-state index in [4.69, 9.17) is 0 Å². The number of para-hydroxylation sites is 2. The highest BCUT2D eigenvalue weighted by molar-refractivity contribution is 6.19. The highest BCUT2D eigenvalue weighted by atomic mass is 16.2. The van der Waals surface area contributed by atoms with E-state index in [1.54, 1.807) is 0 Å². The molecule has 148 valence electrons. The van der Waals surface area contributed by atoms with Crippen molar-refractivity contribution in [2.75, 3.05) is 10.0 Å². The average Bonchev–Trinajstić information content (AvgIpc) is 3.18. The molecule has 4 rings (SSSR count). The summed E-state index contributed by atoms with van der Waals surface area (Å²) in [6.07, 6.45) is 0. The number of hydrogen-bond acceptors (Lipinski definition) is 4. The van der Waals surface area contributed by atoms with Gasteiger partial charge in [0.05, 0.1) is 23.2 Å². The Labute approximate surface area is 170 Å². The molecule has 0 fully saturated rings. The summed E-state index contributed by atoms with van der Waals surface area (Å²) in [4.78, 5) is 26.7. The van der Waals surface area contributed by atoms with Gasteiger partial charge in [-0.3, -0.25) is 9.59 Å². The number of carbonyl (C=O) groups is 2. The second-order valence-corrected chi connectivity index (χ2v) is 8.14. The molecule has 0 bridgehead atoms. The molecule has 2 atom stereocenters. The topological polar surface area (TPSA) is 65.3 Å². The lowest BCUT2D eigenvalue weighted by Gasteiger charge is -2.35. The Morgan fingerprint density at radius 2 is 1.03 bits per heavy atom. The van der Waals surface area contributed by atoms with Gasteiger partial charge in [-0.1, -0.05) is 50.2 Å².